The van der Waals surface area contributed by atoms with Gasteiger partial charge in [-0.25, -0.2) is 4.79 Å². The minimum absolute atomic E-state index is 0.0153. The first kappa shape index (κ1) is 41.1. The molecule has 0 aliphatic carbocycles. The number of aliphatic hydroxyl groups excluding tert-OH is 2. The van der Waals surface area contributed by atoms with Crippen LogP contribution < -0.4 is 0 Å². The molecule has 0 aromatic carbocycles. The fourth-order valence-corrected chi connectivity index (χ4v) is 6.45. The number of carbonyl (C=O) groups excluding carboxylic acids is 2. The molecule has 1 amide bonds. The first-order chi connectivity index (χ1) is 23.1. The van der Waals surface area contributed by atoms with Gasteiger partial charge in [0.25, 0.3) is 0 Å². The van der Waals surface area contributed by atoms with Crippen LogP contribution in [0.15, 0.2) is 36.0 Å². The Morgan fingerprint density at radius 3 is 2.61 bits per heavy atom. The summed E-state index contributed by atoms with van der Waals surface area (Å²) in [5.41, 5.74) is -1.97. The second-order valence-corrected chi connectivity index (χ2v) is 14.6. The van der Waals surface area contributed by atoms with Gasteiger partial charge < -0.3 is 44.3 Å². The molecule has 3 aliphatic heterocycles. The molecule has 10 atom stereocenters. The van der Waals surface area contributed by atoms with E-state index >= 15 is 0 Å². The minimum Gasteiger partial charge on any atom is -0.457 e. The zero-order valence-corrected chi connectivity index (χ0v) is 30.6. The Labute approximate surface area is 292 Å². The first-order valence-corrected chi connectivity index (χ1v) is 18.0. The second kappa shape index (κ2) is 18.8. The fourth-order valence-electron chi connectivity index (χ4n) is 6.45. The maximum Gasteiger partial charge on any atom is 0.410 e. The van der Waals surface area contributed by atoms with Gasteiger partial charge in [-0.05, 0) is 58.6 Å². The number of allylic oxidation sites excluding steroid dienone is 2. The van der Waals surface area contributed by atoms with Crippen molar-refractivity contribution in [3.05, 3.63) is 36.0 Å². The summed E-state index contributed by atoms with van der Waals surface area (Å²) in [4.78, 5) is 30.1. The number of hydrogen-bond acceptors (Lipinski definition) is 11. The van der Waals surface area contributed by atoms with Crippen molar-refractivity contribution in [2.24, 2.45) is 11.8 Å². The van der Waals surface area contributed by atoms with Crippen molar-refractivity contribution in [2.45, 2.75) is 128 Å². The lowest BCUT2D eigenvalue weighted by molar-refractivity contribution is -0.151. The van der Waals surface area contributed by atoms with E-state index in [1.807, 2.05) is 34.6 Å². The van der Waals surface area contributed by atoms with E-state index in [1.165, 1.54) is 0 Å². The SMILES string of the molecule is CCC(O)C(C)C1OC1CC(C)(O)/C=C/C=C(\C)C1OC(=O)CC(O)CCC(C)(O)C(OC(=O)N(CC)CCN2CCOCC2)/C=C/C1C. The van der Waals surface area contributed by atoms with Gasteiger partial charge >= 0.3 is 12.1 Å². The molecule has 0 spiro atoms. The number of carbonyl (C=O) groups is 2. The Morgan fingerprint density at radius 2 is 1.96 bits per heavy atom. The van der Waals surface area contributed by atoms with Crippen LogP contribution in [0.3, 0.4) is 0 Å². The lowest BCUT2D eigenvalue weighted by atomic mass is 9.88. The summed E-state index contributed by atoms with van der Waals surface area (Å²) in [6.45, 7) is 17.3. The van der Waals surface area contributed by atoms with Crippen LogP contribution in [0.5, 0.6) is 0 Å². The molecule has 12 heteroatoms. The number of morpholine rings is 1. The first-order valence-electron chi connectivity index (χ1n) is 18.0. The summed E-state index contributed by atoms with van der Waals surface area (Å²) in [6.07, 6.45) is 5.55. The molecule has 3 heterocycles. The molecule has 280 valence electrons. The summed E-state index contributed by atoms with van der Waals surface area (Å²) < 4.78 is 23.0. The summed E-state index contributed by atoms with van der Waals surface area (Å²) in [5, 5.41) is 43.3. The van der Waals surface area contributed by atoms with Gasteiger partial charge in [-0.1, -0.05) is 45.1 Å². The van der Waals surface area contributed by atoms with Gasteiger partial charge in [0.05, 0.1) is 49.7 Å². The smallest absolute Gasteiger partial charge is 0.410 e. The number of esters is 1. The highest BCUT2D eigenvalue weighted by molar-refractivity contribution is 5.70. The Balaban J connectivity index is 1.73. The van der Waals surface area contributed by atoms with E-state index in [9.17, 15) is 30.0 Å². The van der Waals surface area contributed by atoms with E-state index in [-0.39, 0.29) is 37.4 Å². The van der Waals surface area contributed by atoms with Gasteiger partial charge in [0.15, 0.2) is 6.10 Å². The van der Waals surface area contributed by atoms with Crippen molar-refractivity contribution in [3.8, 4) is 0 Å². The molecule has 12 nitrogen and oxygen atoms in total. The van der Waals surface area contributed by atoms with E-state index < -0.39 is 53.6 Å². The molecule has 3 aliphatic rings. The molecule has 0 saturated carbocycles. The van der Waals surface area contributed by atoms with Crippen LogP contribution >= 0.6 is 0 Å². The van der Waals surface area contributed by atoms with E-state index in [0.717, 1.165) is 13.1 Å². The summed E-state index contributed by atoms with van der Waals surface area (Å²) >= 11 is 0. The average molecular weight is 695 g/mol. The van der Waals surface area contributed by atoms with Gasteiger partial charge in [0, 0.05) is 51.0 Å². The van der Waals surface area contributed by atoms with Crippen LogP contribution in [-0.4, -0.2) is 136 Å². The second-order valence-electron chi connectivity index (χ2n) is 14.6. The van der Waals surface area contributed by atoms with Crippen molar-refractivity contribution in [1.29, 1.82) is 0 Å². The Hall–Kier alpha value is -2.32. The molecule has 4 N–H and O–H groups in total. The molecule has 10 unspecified atom stereocenters. The predicted molar refractivity (Wildman–Crippen MR) is 186 cm³/mol. The molecule has 0 aromatic rings. The fraction of sp³-hybridized carbons (Fsp3) is 0.784. The van der Waals surface area contributed by atoms with Crippen molar-refractivity contribution in [3.63, 3.8) is 0 Å². The molecular formula is C37H62N2O10. The standard InChI is InChI=1S/C37H62N2O10/c1-8-29(41)27(5)34-30(47-34)24-36(6,44)15-10-11-25(3)33-26(4)12-13-31(37(7,45)16-14-28(40)23-32(42)49-33)48-35(43)39(9-2)18-17-38-19-21-46-22-20-38/h10-13,15,26-31,33-34,40-41,44-45H,8-9,14,16-24H2,1-7H3/b13-12+,15-10+,25-11+. The zero-order chi connectivity index (χ0) is 36.4. The number of hydrogen-bond donors (Lipinski definition) is 4. The molecular weight excluding hydrogens is 632 g/mol. The molecule has 2 saturated heterocycles. The number of rotatable bonds is 13. The topological polar surface area (TPSA) is 162 Å². The largest absolute Gasteiger partial charge is 0.457 e. The van der Waals surface area contributed by atoms with E-state index in [4.69, 9.17) is 18.9 Å². The molecule has 0 aromatic heterocycles. The highest BCUT2D eigenvalue weighted by Gasteiger charge is 2.47. The normalized spacial score (nSPS) is 33.8. The van der Waals surface area contributed by atoms with Crippen LogP contribution in [-0.2, 0) is 23.7 Å². The van der Waals surface area contributed by atoms with E-state index in [0.29, 0.717) is 51.3 Å². The quantitative estimate of drug-likeness (QED) is 0.0969. The third kappa shape index (κ3) is 13.1. The van der Waals surface area contributed by atoms with Crippen LogP contribution in [0, 0.1) is 11.8 Å². The van der Waals surface area contributed by atoms with Crippen molar-refractivity contribution in [2.75, 3.05) is 45.9 Å². The van der Waals surface area contributed by atoms with Crippen LogP contribution in [0.2, 0.25) is 0 Å². The number of epoxide rings is 1. The Kier molecular flexibility index (Phi) is 15.8. The third-order valence-corrected chi connectivity index (χ3v) is 10.0. The van der Waals surface area contributed by atoms with E-state index in [2.05, 4.69) is 4.90 Å². The minimum atomic E-state index is -1.51. The average Bonchev–Trinajstić information content (AvgIpc) is 3.81. The molecule has 49 heavy (non-hydrogen) atoms. The van der Waals surface area contributed by atoms with Gasteiger partial charge in [-0.2, -0.15) is 0 Å². The molecule has 2 fully saturated rings. The number of amides is 1. The molecule has 3 rings (SSSR count). The van der Waals surface area contributed by atoms with Crippen molar-refractivity contribution < 1.29 is 49.0 Å². The molecule has 0 radical (unpaired) electrons. The predicted octanol–water partition coefficient (Wildman–Crippen LogP) is 3.36. The summed E-state index contributed by atoms with van der Waals surface area (Å²) in [5.74, 6) is -0.972. The van der Waals surface area contributed by atoms with Crippen molar-refractivity contribution in [1.82, 2.24) is 9.80 Å². The summed E-state index contributed by atoms with van der Waals surface area (Å²) in [6, 6.07) is 0. The number of cyclic esters (lactones) is 1. The number of nitrogens with zero attached hydrogens (tertiary/aromatic N) is 2. The van der Waals surface area contributed by atoms with E-state index in [1.54, 1.807) is 49.1 Å². The lowest BCUT2D eigenvalue weighted by Gasteiger charge is -2.34. The monoisotopic (exact) mass is 694 g/mol. The maximum atomic E-state index is 13.3. The van der Waals surface area contributed by atoms with Crippen molar-refractivity contribution >= 4 is 12.1 Å². The number of likely N-dealkylation sites (N-methyl/N-ethyl adjacent to an activating group) is 1. The van der Waals surface area contributed by atoms with Gasteiger partial charge in [0.1, 0.15) is 11.7 Å². The maximum absolute atomic E-state index is 13.3. The lowest BCUT2D eigenvalue weighted by Crippen LogP contribution is -2.47. The molecule has 0 bridgehead atoms. The zero-order valence-electron chi connectivity index (χ0n) is 30.6. The van der Waals surface area contributed by atoms with Gasteiger partial charge in [-0.3, -0.25) is 9.69 Å². The highest BCUT2D eigenvalue weighted by Crippen LogP contribution is 2.37. The third-order valence-electron chi connectivity index (χ3n) is 10.0. The highest BCUT2D eigenvalue weighted by atomic mass is 16.6. The number of ether oxygens (including phenoxy) is 4. The number of aliphatic hydroxyl groups is 4. The van der Waals surface area contributed by atoms with Gasteiger partial charge in [0.2, 0.25) is 0 Å². The van der Waals surface area contributed by atoms with Crippen LogP contribution in [0.4, 0.5) is 4.79 Å². The summed E-state index contributed by atoms with van der Waals surface area (Å²) in [7, 11) is 0. The van der Waals surface area contributed by atoms with Gasteiger partial charge in [-0.15, -0.1) is 0 Å². The van der Waals surface area contributed by atoms with Crippen LogP contribution in [0.1, 0.15) is 80.6 Å². The Bertz CT molecular complexity index is 1150. The Morgan fingerprint density at radius 1 is 1.27 bits per heavy atom. The van der Waals surface area contributed by atoms with Crippen LogP contribution in [0.25, 0.3) is 0 Å².